The summed E-state index contributed by atoms with van der Waals surface area (Å²) in [6.45, 7) is 0. The van der Waals surface area contributed by atoms with Gasteiger partial charge in [0.25, 0.3) is 5.91 Å². The third-order valence-corrected chi connectivity index (χ3v) is 4.63. The van der Waals surface area contributed by atoms with Gasteiger partial charge in [0, 0.05) is 23.0 Å². The number of pyridine rings is 1. The Morgan fingerprint density at radius 2 is 1.97 bits per heavy atom. The first kappa shape index (κ1) is 18.5. The zero-order valence-corrected chi connectivity index (χ0v) is 15.2. The van der Waals surface area contributed by atoms with Gasteiger partial charge in [-0.05, 0) is 54.8 Å². The number of hydrogen-bond donors (Lipinski definition) is 3. The average molecular weight is 393 g/mol. The van der Waals surface area contributed by atoms with Crippen LogP contribution in [-0.2, 0) is 12.8 Å². The minimum atomic E-state index is -1.08. The van der Waals surface area contributed by atoms with Crippen molar-refractivity contribution in [1.29, 1.82) is 0 Å². The predicted octanol–water partition coefficient (Wildman–Crippen LogP) is 3.86. The molecule has 0 unspecified atom stereocenters. The van der Waals surface area contributed by atoms with E-state index in [2.05, 4.69) is 20.5 Å². The number of halogens is 2. The van der Waals surface area contributed by atoms with E-state index >= 15 is 0 Å². The Hall–Kier alpha value is -3.81. The summed E-state index contributed by atoms with van der Waals surface area (Å²) in [4.78, 5) is 16.8. The number of carbonyl (C=O) groups excluding carboxylic acids is 1. The van der Waals surface area contributed by atoms with Gasteiger partial charge in [-0.3, -0.25) is 14.9 Å². The molecular weight excluding hydrogens is 376 g/mol. The van der Waals surface area contributed by atoms with Gasteiger partial charge in [-0.1, -0.05) is 6.07 Å². The van der Waals surface area contributed by atoms with Gasteiger partial charge in [-0.2, -0.15) is 5.10 Å². The van der Waals surface area contributed by atoms with E-state index in [1.807, 2.05) is 12.1 Å². The van der Waals surface area contributed by atoms with E-state index in [1.54, 1.807) is 36.7 Å². The largest absolute Gasteiger partial charge is 0.394 e. The standard InChI is InChI=1S/C21H17F2N5O/c22-18-12(4-6-14-3-1-2-8-25-14)9-16(19(23)20(18)24)21(29)27-15-7-5-13-11-26-28-17(13)10-15/h1-3,5,7-11H,4,6,24H2,(H,26,28)(H,27,29). The summed E-state index contributed by atoms with van der Waals surface area (Å²) in [7, 11) is 0. The molecule has 0 fully saturated rings. The van der Waals surface area contributed by atoms with Gasteiger partial charge < -0.3 is 11.1 Å². The van der Waals surface area contributed by atoms with Crippen molar-refractivity contribution in [2.45, 2.75) is 12.8 Å². The number of hydrogen-bond acceptors (Lipinski definition) is 4. The summed E-state index contributed by atoms with van der Waals surface area (Å²) in [5.74, 6) is -2.65. The summed E-state index contributed by atoms with van der Waals surface area (Å²) < 4.78 is 29.0. The zero-order valence-electron chi connectivity index (χ0n) is 15.2. The van der Waals surface area contributed by atoms with Crippen LogP contribution in [-0.4, -0.2) is 21.1 Å². The summed E-state index contributed by atoms with van der Waals surface area (Å²) in [5.41, 5.74) is 6.68. The third kappa shape index (κ3) is 3.77. The summed E-state index contributed by atoms with van der Waals surface area (Å²) in [6, 6.07) is 11.7. The molecule has 4 rings (SSSR count). The first-order valence-corrected chi connectivity index (χ1v) is 8.93. The Balaban J connectivity index is 1.59. The number of fused-ring (bicyclic) bond motifs is 1. The molecule has 0 saturated carbocycles. The van der Waals surface area contributed by atoms with E-state index in [0.717, 1.165) is 16.6 Å². The molecule has 8 heteroatoms. The Bertz CT molecular complexity index is 1190. The molecule has 29 heavy (non-hydrogen) atoms. The van der Waals surface area contributed by atoms with Gasteiger partial charge in [0.05, 0.1) is 17.3 Å². The molecule has 0 bridgehead atoms. The van der Waals surface area contributed by atoms with E-state index in [1.165, 1.54) is 6.07 Å². The molecule has 0 saturated heterocycles. The first-order chi connectivity index (χ1) is 14.0. The van der Waals surface area contributed by atoms with E-state index < -0.39 is 23.2 Å². The number of anilines is 2. The number of rotatable bonds is 5. The Morgan fingerprint density at radius 1 is 1.10 bits per heavy atom. The van der Waals surface area contributed by atoms with Crippen molar-refractivity contribution >= 4 is 28.2 Å². The van der Waals surface area contributed by atoms with Gasteiger partial charge in [-0.25, -0.2) is 8.78 Å². The highest BCUT2D eigenvalue weighted by Crippen LogP contribution is 2.25. The topological polar surface area (TPSA) is 96.7 Å². The lowest BCUT2D eigenvalue weighted by atomic mass is 10.0. The molecule has 2 heterocycles. The predicted molar refractivity (Wildman–Crippen MR) is 106 cm³/mol. The van der Waals surface area contributed by atoms with Gasteiger partial charge in [-0.15, -0.1) is 0 Å². The number of carbonyl (C=O) groups is 1. The lowest BCUT2D eigenvalue weighted by molar-refractivity contribution is 0.102. The Kier molecular flexibility index (Phi) is 4.90. The lowest BCUT2D eigenvalue weighted by Gasteiger charge is -2.12. The van der Waals surface area contributed by atoms with Crippen LogP contribution in [0.15, 0.2) is 54.9 Å². The molecule has 2 aromatic carbocycles. The first-order valence-electron chi connectivity index (χ1n) is 8.93. The number of H-pyrrole nitrogens is 1. The highest BCUT2D eigenvalue weighted by molar-refractivity contribution is 6.06. The van der Waals surface area contributed by atoms with Crippen LogP contribution in [0.4, 0.5) is 20.2 Å². The quantitative estimate of drug-likeness (QED) is 0.449. The van der Waals surface area contributed by atoms with E-state index in [0.29, 0.717) is 12.1 Å². The van der Waals surface area contributed by atoms with Crippen molar-refractivity contribution in [2.24, 2.45) is 0 Å². The molecule has 146 valence electrons. The maximum atomic E-state index is 14.5. The third-order valence-electron chi connectivity index (χ3n) is 4.63. The minimum absolute atomic E-state index is 0.156. The Morgan fingerprint density at radius 3 is 2.76 bits per heavy atom. The SMILES string of the molecule is Nc1c(F)c(CCc2ccccn2)cc(C(=O)Nc2ccc3cn[nH]c3c2)c1F. The number of nitrogens with one attached hydrogen (secondary N) is 2. The summed E-state index contributed by atoms with van der Waals surface area (Å²) >= 11 is 0. The van der Waals surface area contributed by atoms with Crippen molar-refractivity contribution in [1.82, 2.24) is 15.2 Å². The number of nitrogens with zero attached hydrogens (tertiary/aromatic N) is 2. The van der Waals surface area contributed by atoms with E-state index in [4.69, 9.17) is 5.73 Å². The maximum Gasteiger partial charge on any atom is 0.258 e. The normalized spacial score (nSPS) is 11.0. The molecule has 0 aliphatic rings. The fourth-order valence-electron chi connectivity index (χ4n) is 3.08. The lowest BCUT2D eigenvalue weighted by Crippen LogP contribution is -2.17. The van der Waals surface area contributed by atoms with Crippen LogP contribution in [0.5, 0.6) is 0 Å². The molecule has 0 atom stereocenters. The molecule has 0 aliphatic carbocycles. The van der Waals surface area contributed by atoms with Gasteiger partial charge in [0.1, 0.15) is 5.69 Å². The van der Waals surface area contributed by atoms with Crippen LogP contribution >= 0.6 is 0 Å². The van der Waals surface area contributed by atoms with Gasteiger partial charge in [0.15, 0.2) is 11.6 Å². The maximum absolute atomic E-state index is 14.5. The molecule has 0 aliphatic heterocycles. The molecule has 2 aromatic heterocycles. The van der Waals surface area contributed by atoms with Crippen molar-refractivity contribution in [3.63, 3.8) is 0 Å². The second-order valence-electron chi connectivity index (χ2n) is 6.57. The number of nitrogens with two attached hydrogens (primary N) is 1. The molecular formula is C21H17F2N5O. The van der Waals surface area contributed by atoms with Crippen molar-refractivity contribution < 1.29 is 13.6 Å². The highest BCUT2D eigenvalue weighted by Gasteiger charge is 2.21. The van der Waals surface area contributed by atoms with Crippen molar-refractivity contribution in [2.75, 3.05) is 11.1 Å². The fraction of sp³-hybridized carbons (Fsp3) is 0.0952. The van der Waals surface area contributed by atoms with Crippen molar-refractivity contribution in [3.8, 4) is 0 Å². The van der Waals surface area contributed by atoms with Crippen LogP contribution in [0.2, 0.25) is 0 Å². The van der Waals surface area contributed by atoms with Gasteiger partial charge in [0.2, 0.25) is 0 Å². The van der Waals surface area contributed by atoms with Crippen molar-refractivity contribution in [3.05, 3.63) is 83.3 Å². The van der Waals surface area contributed by atoms with Crippen LogP contribution in [0.3, 0.4) is 0 Å². The molecule has 0 spiro atoms. The fourth-order valence-corrected chi connectivity index (χ4v) is 3.08. The molecule has 4 aromatic rings. The number of aromatic amines is 1. The number of aryl methyl sites for hydroxylation is 2. The van der Waals surface area contributed by atoms with E-state index in [9.17, 15) is 13.6 Å². The average Bonchev–Trinajstić information content (AvgIpc) is 3.20. The molecule has 1 amide bonds. The van der Waals surface area contributed by atoms with Crippen LogP contribution < -0.4 is 11.1 Å². The van der Waals surface area contributed by atoms with E-state index in [-0.39, 0.29) is 17.5 Å². The monoisotopic (exact) mass is 393 g/mol. The number of benzene rings is 2. The minimum Gasteiger partial charge on any atom is -0.394 e. The second kappa shape index (κ2) is 7.67. The van der Waals surface area contributed by atoms with Gasteiger partial charge >= 0.3 is 0 Å². The summed E-state index contributed by atoms with van der Waals surface area (Å²) in [5, 5.41) is 10.2. The number of nitrogen functional groups attached to an aromatic ring is 1. The summed E-state index contributed by atoms with van der Waals surface area (Å²) in [6.07, 6.45) is 3.95. The molecule has 0 radical (unpaired) electrons. The highest BCUT2D eigenvalue weighted by atomic mass is 19.1. The molecule has 4 N–H and O–H groups in total. The second-order valence-corrected chi connectivity index (χ2v) is 6.57. The van der Waals surface area contributed by atoms with Crippen LogP contribution in [0.25, 0.3) is 10.9 Å². The molecule has 6 nitrogen and oxygen atoms in total. The van der Waals surface area contributed by atoms with Crippen LogP contribution in [0, 0.1) is 11.6 Å². The zero-order chi connectivity index (χ0) is 20.4. The Labute approximate surface area is 164 Å². The van der Waals surface area contributed by atoms with Crippen LogP contribution in [0.1, 0.15) is 21.6 Å². The smallest absolute Gasteiger partial charge is 0.258 e. The number of amides is 1. The number of aromatic nitrogens is 3.